The molecule has 0 fully saturated rings. The van der Waals surface area contributed by atoms with E-state index in [9.17, 15) is 9.59 Å². The molecule has 3 aromatic rings. The van der Waals surface area contributed by atoms with E-state index in [1.54, 1.807) is 44.9 Å². The summed E-state index contributed by atoms with van der Waals surface area (Å²) in [4.78, 5) is 29.8. The molecule has 0 aliphatic heterocycles. The number of nitrogens with zero attached hydrogens (tertiary/aromatic N) is 4. The minimum Gasteiger partial charge on any atom is -0.481 e. The van der Waals surface area contributed by atoms with Gasteiger partial charge in [0.2, 0.25) is 23.6 Å². The molecule has 0 saturated heterocycles. The number of hydrogen-bond donors (Lipinski definition) is 1. The summed E-state index contributed by atoms with van der Waals surface area (Å²) >= 11 is 0. The number of nitrogens with one attached hydrogen (secondary N) is 1. The molecule has 0 radical (unpaired) electrons. The molecule has 1 amide bonds. The third kappa shape index (κ3) is 5.00. The fourth-order valence-electron chi connectivity index (χ4n) is 2.23. The monoisotopic (exact) mass is 371 g/mol. The van der Waals surface area contributed by atoms with Crippen molar-refractivity contribution in [1.82, 2.24) is 19.7 Å². The number of aromatic nitrogens is 4. The molecule has 0 aliphatic rings. The van der Waals surface area contributed by atoms with E-state index >= 15 is 0 Å². The van der Waals surface area contributed by atoms with Crippen LogP contribution in [0.25, 0.3) is 10.9 Å². The van der Waals surface area contributed by atoms with Gasteiger partial charge in [-0.1, -0.05) is 0 Å². The first-order chi connectivity index (χ1) is 12.8. The van der Waals surface area contributed by atoms with Gasteiger partial charge in [-0.2, -0.15) is 9.78 Å². The van der Waals surface area contributed by atoms with E-state index in [1.807, 2.05) is 6.92 Å². The summed E-state index contributed by atoms with van der Waals surface area (Å²) in [7, 11) is 3.10. The van der Waals surface area contributed by atoms with Crippen LogP contribution in [-0.4, -0.2) is 45.8 Å². The molecule has 3 aromatic heterocycles. The molecule has 142 valence electrons. The van der Waals surface area contributed by atoms with Crippen LogP contribution in [0.15, 0.2) is 30.7 Å². The van der Waals surface area contributed by atoms with E-state index < -0.39 is 0 Å². The average molecular weight is 371 g/mol. The molecule has 0 aromatic carbocycles. The highest BCUT2D eigenvalue weighted by Crippen LogP contribution is 2.18. The summed E-state index contributed by atoms with van der Waals surface area (Å²) in [5.74, 6) is 0.828. The third-order valence-electron chi connectivity index (χ3n) is 3.54. The van der Waals surface area contributed by atoms with Gasteiger partial charge in [-0.05, 0) is 12.5 Å². The molecule has 9 heteroatoms. The number of fused-ring (bicyclic) bond motifs is 1. The Kier molecular flexibility index (Phi) is 6.42. The Bertz CT molecular complexity index is 968. The molecule has 9 nitrogen and oxygen atoms in total. The lowest BCUT2D eigenvalue weighted by molar-refractivity contribution is -0.114. The lowest BCUT2D eigenvalue weighted by Gasteiger charge is -2.06. The van der Waals surface area contributed by atoms with Crippen molar-refractivity contribution in [3.63, 3.8) is 0 Å². The van der Waals surface area contributed by atoms with Crippen molar-refractivity contribution in [1.29, 1.82) is 0 Å². The Morgan fingerprint density at radius 3 is 2.19 bits per heavy atom. The summed E-state index contributed by atoms with van der Waals surface area (Å²) in [6.07, 6.45) is 4.76. The molecule has 0 aliphatic carbocycles. The lowest BCUT2D eigenvalue weighted by Crippen LogP contribution is -2.07. The number of pyridine rings is 2. The van der Waals surface area contributed by atoms with Crippen molar-refractivity contribution in [2.24, 2.45) is 0 Å². The van der Waals surface area contributed by atoms with Crippen LogP contribution in [0.1, 0.15) is 24.2 Å². The number of amides is 1. The van der Waals surface area contributed by atoms with Crippen LogP contribution in [-0.2, 0) is 4.79 Å². The van der Waals surface area contributed by atoms with Gasteiger partial charge in [0, 0.05) is 31.4 Å². The zero-order valence-electron chi connectivity index (χ0n) is 15.8. The largest absolute Gasteiger partial charge is 0.481 e. The Labute approximate surface area is 156 Å². The van der Waals surface area contributed by atoms with Gasteiger partial charge in [0.25, 0.3) is 0 Å². The number of carbonyl (C=O) groups excluding carboxylic acids is 2. The van der Waals surface area contributed by atoms with E-state index in [1.165, 1.54) is 18.5 Å². The van der Waals surface area contributed by atoms with Crippen LogP contribution in [0.4, 0.5) is 5.69 Å². The van der Waals surface area contributed by atoms with Crippen molar-refractivity contribution in [2.45, 2.75) is 20.8 Å². The van der Waals surface area contributed by atoms with Crippen LogP contribution < -0.4 is 14.8 Å². The highest BCUT2D eigenvalue weighted by molar-refractivity contribution is 5.90. The predicted octanol–water partition coefficient (Wildman–Crippen LogP) is 2.46. The molecule has 0 unspecified atom stereocenters. The predicted molar refractivity (Wildman–Crippen MR) is 100 cm³/mol. The van der Waals surface area contributed by atoms with Gasteiger partial charge in [0.05, 0.1) is 44.0 Å². The fourth-order valence-corrected chi connectivity index (χ4v) is 2.23. The average Bonchev–Trinajstić information content (AvgIpc) is 3.07. The number of hydrogen-bond acceptors (Lipinski definition) is 7. The van der Waals surface area contributed by atoms with Gasteiger partial charge >= 0.3 is 0 Å². The SMILES string of the molecule is COc1cc(C)c(NC(C)=O)cn1.COc1cc2cnn(C(C)=O)c2cn1. The smallest absolute Gasteiger partial charge is 0.244 e. The van der Waals surface area contributed by atoms with E-state index in [0.717, 1.165) is 10.9 Å². The molecule has 0 spiro atoms. The quantitative estimate of drug-likeness (QED) is 0.753. The van der Waals surface area contributed by atoms with E-state index in [0.29, 0.717) is 23.0 Å². The molecule has 1 N–H and O–H groups in total. The second-order valence-corrected chi connectivity index (χ2v) is 5.58. The van der Waals surface area contributed by atoms with Gasteiger partial charge in [0.1, 0.15) is 0 Å². The summed E-state index contributed by atoms with van der Waals surface area (Å²) in [5.41, 5.74) is 2.34. The first kappa shape index (κ1) is 19.8. The molecule has 27 heavy (non-hydrogen) atoms. The van der Waals surface area contributed by atoms with Crippen molar-refractivity contribution >= 4 is 28.4 Å². The Morgan fingerprint density at radius 1 is 1.00 bits per heavy atom. The zero-order chi connectivity index (χ0) is 20.0. The van der Waals surface area contributed by atoms with Crippen molar-refractivity contribution in [3.8, 4) is 11.8 Å². The van der Waals surface area contributed by atoms with Gasteiger partial charge < -0.3 is 14.8 Å². The molecular weight excluding hydrogens is 350 g/mol. The minimum absolute atomic E-state index is 0.102. The van der Waals surface area contributed by atoms with Crippen LogP contribution in [0.2, 0.25) is 0 Å². The van der Waals surface area contributed by atoms with E-state index in [2.05, 4.69) is 20.4 Å². The second-order valence-electron chi connectivity index (χ2n) is 5.58. The summed E-state index contributed by atoms with van der Waals surface area (Å²) in [5, 5.41) is 7.45. The molecule has 0 saturated carbocycles. The third-order valence-corrected chi connectivity index (χ3v) is 3.54. The normalized spacial score (nSPS) is 9.96. The Hall–Kier alpha value is -3.49. The number of anilines is 1. The minimum atomic E-state index is -0.132. The highest BCUT2D eigenvalue weighted by atomic mass is 16.5. The van der Waals surface area contributed by atoms with Crippen LogP contribution in [0.5, 0.6) is 11.8 Å². The zero-order valence-corrected chi connectivity index (χ0v) is 15.8. The van der Waals surface area contributed by atoms with Gasteiger partial charge in [-0.25, -0.2) is 9.97 Å². The number of rotatable bonds is 3. The van der Waals surface area contributed by atoms with Gasteiger partial charge in [0.15, 0.2) is 0 Å². The van der Waals surface area contributed by atoms with Crippen molar-refractivity contribution in [2.75, 3.05) is 19.5 Å². The van der Waals surface area contributed by atoms with Crippen molar-refractivity contribution < 1.29 is 19.1 Å². The second kappa shape index (κ2) is 8.75. The van der Waals surface area contributed by atoms with Crippen LogP contribution in [0, 0.1) is 6.92 Å². The van der Waals surface area contributed by atoms with Gasteiger partial charge in [-0.15, -0.1) is 0 Å². The summed E-state index contributed by atoms with van der Waals surface area (Å²) in [6.45, 7) is 4.80. The summed E-state index contributed by atoms with van der Waals surface area (Å²) < 4.78 is 11.2. The first-order valence-corrected chi connectivity index (χ1v) is 8.02. The number of methoxy groups -OCH3 is 2. The van der Waals surface area contributed by atoms with E-state index in [-0.39, 0.29) is 11.8 Å². The van der Waals surface area contributed by atoms with Crippen LogP contribution >= 0.6 is 0 Å². The number of carbonyl (C=O) groups is 2. The van der Waals surface area contributed by atoms with Gasteiger partial charge in [-0.3, -0.25) is 9.59 Å². The maximum atomic E-state index is 11.1. The number of aryl methyl sites for hydroxylation is 1. The Morgan fingerprint density at radius 2 is 1.63 bits per heavy atom. The first-order valence-electron chi connectivity index (χ1n) is 8.02. The van der Waals surface area contributed by atoms with Crippen LogP contribution in [0.3, 0.4) is 0 Å². The van der Waals surface area contributed by atoms with E-state index in [4.69, 9.17) is 9.47 Å². The molecule has 0 atom stereocenters. The number of ether oxygens (including phenoxy) is 2. The topological polar surface area (TPSA) is 108 Å². The summed E-state index contributed by atoms with van der Waals surface area (Å²) in [6, 6.07) is 3.51. The standard InChI is InChI=1S/C9H9N3O2.C9H12N2O2/c1-6(13)12-8-5-10-9(14-2)3-7(8)4-11-12;1-6-4-9(13-3)10-5-8(6)11-7(2)12/h3-5H,1-2H3;4-5H,1-3H3,(H,11,12). The highest BCUT2D eigenvalue weighted by Gasteiger charge is 2.07. The molecule has 3 rings (SSSR count). The molecule has 0 bridgehead atoms. The fraction of sp³-hybridized carbons (Fsp3) is 0.278. The lowest BCUT2D eigenvalue weighted by atomic mass is 10.2. The molecule has 3 heterocycles. The molecular formula is C18H21N5O4. The Balaban J connectivity index is 0.000000194. The maximum Gasteiger partial charge on any atom is 0.244 e. The van der Waals surface area contributed by atoms with Crippen molar-refractivity contribution in [3.05, 3.63) is 36.3 Å². The maximum absolute atomic E-state index is 11.1.